The number of hydrogen-bond donors (Lipinski definition) is 1. The Balaban J connectivity index is 1.26. The molecule has 0 bridgehead atoms. The van der Waals surface area contributed by atoms with Crippen molar-refractivity contribution in [1.29, 1.82) is 0 Å². The van der Waals surface area contributed by atoms with Gasteiger partial charge in [0.25, 0.3) is 0 Å². The second kappa shape index (κ2) is 10.4. The Morgan fingerprint density at radius 2 is 1.81 bits per heavy atom. The molecule has 32 heavy (non-hydrogen) atoms. The van der Waals surface area contributed by atoms with Gasteiger partial charge in [-0.1, -0.05) is 12.1 Å². The number of para-hydroxylation sites is 2. The Bertz CT molecular complexity index is 969. The topological polar surface area (TPSA) is 73.2 Å². The van der Waals surface area contributed by atoms with Crippen LogP contribution in [0.25, 0.3) is 0 Å². The molecule has 1 saturated heterocycles. The zero-order chi connectivity index (χ0) is 22.2. The highest BCUT2D eigenvalue weighted by molar-refractivity contribution is 5.94. The monoisotopic (exact) mass is 430 g/mol. The van der Waals surface area contributed by atoms with E-state index in [1.165, 1.54) is 5.56 Å². The van der Waals surface area contributed by atoms with Crippen molar-refractivity contribution < 1.29 is 4.79 Å². The molecule has 0 atom stereocenters. The molecule has 0 spiro atoms. The Kier molecular flexibility index (Phi) is 7.13. The molecule has 3 heterocycles. The number of aromatic nitrogens is 1. The third kappa shape index (κ3) is 5.92. The molecule has 2 aliphatic rings. The minimum Gasteiger partial charge on any atom is -0.367 e. The van der Waals surface area contributed by atoms with E-state index in [0.717, 1.165) is 56.9 Å². The number of carbonyl (C=O) groups excluding carboxylic acids is 1. The molecule has 2 aliphatic heterocycles. The molecule has 1 aromatic heterocycles. The number of anilines is 2. The minimum absolute atomic E-state index is 0.00850. The number of piperazine rings is 1. The average molecular weight is 431 g/mol. The first-order chi connectivity index (χ1) is 15.7. The van der Waals surface area contributed by atoms with Crippen LogP contribution in [0.1, 0.15) is 31.2 Å². The number of pyridine rings is 1. The SMILES string of the molecule is C#CCCC1(CCC(=O)Nc2ccccc2N2CCN(CCc3ccncc3)CC2)N=N1. The average Bonchev–Trinajstić information content (AvgIpc) is 3.62. The van der Waals surface area contributed by atoms with Crippen molar-refractivity contribution >= 4 is 17.3 Å². The van der Waals surface area contributed by atoms with Crippen molar-refractivity contribution in [2.45, 2.75) is 37.8 Å². The maximum absolute atomic E-state index is 12.6. The molecule has 1 amide bonds. The van der Waals surface area contributed by atoms with Crippen LogP contribution in [0.2, 0.25) is 0 Å². The summed E-state index contributed by atoms with van der Waals surface area (Å²) in [6, 6.07) is 12.2. The zero-order valence-corrected chi connectivity index (χ0v) is 18.4. The lowest BCUT2D eigenvalue weighted by molar-refractivity contribution is -0.116. The third-order valence-electron chi connectivity index (χ3n) is 6.16. The summed E-state index contributed by atoms with van der Waals surface area (Å²) in [4.78, 5) is 21.5. The number of terminal acetylenes is 1. The van der Waals surface area contributed by atoms with Gasteiger partial charge in [-0.3, -0.25) is 14.7 Å². The van der Waals surface area contributed by atoms with Crippen molar-refractivity contribution in [3.05, 3.63) is 54.4 Å². The molecule has 4 rings (SSSR count). The van der Waals surface area contributed by atoms with E-state index in [1.807, 2.05) is 30.6 Å². The second-order valence-electron chi connectivity index (χ2n) is 8.39. The molecule has 7 heteroatoms. The van der Waals surface area contributed by atoms with E-state index in [2.05, 4.69) is 54.4 Å². The number of amides is 1. The van der Waals surface area contributed by atoms with Crippen molar-refractivity contribution in [2.75, 3.05) is 42.9 Å². The summed E-state index contributed by atoms with van der Waals surface area (Å²) in [5, 5.41) is 11.3. The number of benzene rings is 1. The number of nitrogens with one attached hydrogen (secondary N) is 1. The summed E-state index contributed by atoms with van der Waals surface area (Å²) in [6.07, 6.45) is 12.4. The quantitative estimate of drug-likeness (QED) is 0.583. The molecule has 2 aromatic rings. The maximum atomic E-state index is 12.6. The number of carbonyl (C=O) groups is 1. The highest BCUT2D eigenvalue weighted by atomic mass is 16.1. The van der Waals surface area contributed by atoms with Gasteiger partial charge in [-0.05, 0) is 36.2 Å². The molecule has 1 aromatic carbocycles. The van der Waals surface area contributed by atoms with Gasteiger partial charge in [0.15, 0.2) is 5.66 Å². The van der Waals surface area contributed by atoms with Crippen molar-refractivity contribution in [3.8, 4) is 12.3 Å². The van der Waals surface area contributed by atoms with Gasteiger partial charge in [-0.25, -0.2) is 0 Å². The largest absolute Gasteiger partial charge is 0.367 e. The Morgan fingerprint density at radius 3 is 2.53 bits per heavy atom. The predicted octanol–water partition coefficient (Wildman–Crippen LogP) is 3.74. The molecule has 0 saturated carbocycles. The van der Waals surface area contributed by atoms with Gasteiger partial charge in [0.2, 0.25) is 5.91 Å². The molecular weight excluding hydrogens is 400 g/mol. The van der Waals surface area contributed by atoms with Gasteiger partial charge in [0, 0.05) is 70.8 Å². The Labute approximate surface area is 189 Å². The van der Waals surface area contributed by atoms with E-state index in [1.54, 1.807) is 0 Å². The van der Waals surface area contributed by atoms with Crippen LogP contribution in [0.3, 0.4) is 0 Å². The van der Waals surface area contributed by atoms with E-state index >= 15 is 0 Å². The van der Waals surface area contributed by atoms with Gasteiger partial charge in [-0.15, -0.1) is 12.3 Å². The third-order valence-corrected chi connectivity index (χ3v) is 6.16. The first kappa shape index (κ1) is 22.0. The molecule has 7 nitrogen and oxygen atoms in total. The smallest absolute Gasteiger partial charge is 0.224 e. The maximum Gasteiger partial charge on any atom is 0.224 e. The van der Waals surface area contributed by atoms with E-state index < -0.39 is 5.66 Å². The van der Waals surface area contributed by atoms with Crippen LogP contribution in [-0.4, -0.2) is 54.2 Å². The minimum atomic E-state index is -0.421. The van der Waals surface area contributed by atoms with Gasteiger partial charge in [0.05, 0.1) is 11.4 Å². The number of hydrogen-bond acceptors (Lipinski definition) is 6. The normalized spacial score (nSPS) is 17.0. The first-order valence-corrected chi connectivity index (χ1v) is 11.3. The van der Waals surface area contributed by atoms with Crippen LogP contribution in [0.15, 0.2) is 59.0 Å². The van der Waals surface area contributed by atoms with E-state index in [9.17, 15) is 4.79 Å². The summed E-state index contributed by atoms with van der Waals surface area (Å²) in [6.45, 7) is 4.95. The highest BCUT2D eigenvalue weighted by Gasteiger charge is 2.39. The van der Waals surface area contributed by atoms with Crippen LogP contribution in [0.5, 0.6) is 0 Å². The summed E-state index contributed by atoms with van der Waals surface area (Å²) in [5.74, 6) is 2.61. The first-order valence-electron chi connectivity index (χ1n) is 11.3. The van der Waals surface area contributed by atoms with Crippen LogP contribution in [0.4, 0.5) is 11.4 Å². The van der Waals surface area contributed by atoms with Crippen molar-refractivity contribution in [2.24, 2.45) is 10.2 Å². The number of nitrogens with zero attached hydrogens (tertiary/aromatic N) is 5. The van der Waals surface area contributed by atoms with Crippen LogP contribution in [0, 0.1) is 12.3 Å². The number of rotatable bonds is 10. The summed E-state index contributed by atoms with van der Waals surface area (Å²) >= 11 is 0. The van der Waals surface area contributed by atoms with E-state index in [4.69, 9.17) is 6.42 Å². The van der Waals surface area contributed by atoms with E-state index in [0.29, 0.717) is 19.3 Å². The fraction of sp³-hybridized carbons (Fsp3) is 0.440. The van der Waals surface area contributed by atoms with Crippen LogP contribution < -0.4 is 10.2 Å². The Morgan fingerprint density at radius 1 is 1.06 bits per heavy atom. The van der Waals surface area contributed by atoms with Gasteiger partial charge in [0.1, 0.15) is 0 Å². The second-order valence-corrected chi connectivity index (χ2v) is 8.39. The Hall–Kier alpha value is -3.24. The summed E-state index contributed by atoms with van der Waals surface area (Å²) < 4.78 is 0. The lowest BCUT2D eigenvalue weighted by Crippen LogP contribution is -2.47. The fourth-order valence-corrected chi connectivity index (χ4v) is 4.10. The van der Waals surface area contributed by atoms with Crippen LogP contribution >= 0.6 is 0 Å². The lowest BCUT2D eigenvalue weighted by Gasteiger charge is -2.37. The molecule has 166 valence electrons. The molecule has 0 aliphatic carbocycles. The van der Waals surface area contributed by atoms with Gasteiger partial charge >= 0.3 is 0 Å². The van der Waals surface area contributed by atoms with Crippen molar-refractivity contribution in [1.82, 2.24) is 9.88 Å². The molecule has 1 fully saturated rings. The summed E-state index contributed by atoms with van der Waals surface area (Å²) in [7, 11) is 0. The summed E-state index contributed by atoms with van der Waals surface area (Å²) in [5.41, 5.74) is 2.85. The van der Waals surface area contributed by atoms with Crippen LogP contribution in [-0.2, 0) is 11.2 Å². The van der Waals surface area contributed by atoms with Gasteiger partial charge in [-0.2, -0.15) is 10.2 Å². The van der Waals surface area contributed by atoms with Crippen molar-refractivity contribution in [3.63, 3.8) is 0 Å². The molecule has 0 radical (unpaired) electrons. The zero-order valence-electron chi connectivity index (χ0n) is 18.4. The van der Waals surface area contributed by atoms with Gasteiger partial charge < -0.3 is 10.2 Å². The highest BCUT2D eigenvalue weighted by Crippen LogP contribution is 2.37. The predicted molar refractivity (Wildman–Crippen MR) is 127 cm³/mol. The molecule has 1 N–H and O–H groups in total. The lowest BCUT2D eigenvalue weighted by atomic mass is 10.0. The fourth-order valence-electron chi connectivity index (χ4n) is 4.10. The standard InChI is InChI=1S/C25H30N6O/c1-2-3-12-25(28-29-25)13-8-24(32)27-22-6-4-5-7-23(22)31-19-17-30(18-20-31)16-11-21-9-14-26-15-10-21/h1,4-7,9-10,14-15H,3,8,11-13,16-20H2,(H,27,32). The molecular formula is C25H30N6O. The molecule has 0 unspecified atom stereocenters. The van der Waals surface area contributed by atoms with E-state index in [-0.39, 0.29) is 5.91 Å².